The summed E-state index contributed by atoms with van der Waals surface area (Å²) in [5.74, 6) is 1.47. The van der Waals surface area contributed by atoms with Crippen LogP contribution in [0.25, 0.3) is 0 Å². The van der Waals surface area contributed by atoms with Crippen molar-refractivity contribution in [3.63, 3.8) is 0 Å². The Hall–Kier alpha value is -1.08. The molecule has 0 saturated carbocycles. The van der Waals surface area contributed by atoms with E-state index in [1.54, 1.807) is 30.3 Å². The molecule has 2 aromatic rings. The molecule has 2 rings (SSSR count). The van der Waals surface area contributed by atoms with E-state index >= 15 is 0 Å². The smallest absolute Gasteiger partial charge is 0.343 e. The summed E-state index contributed by atoms with van der Waals surface area (Å²) in [5.41, 5.74) is 0.478. The predicted molar refractivity (Wildman–Crippen MR) is 103 cm³/mol. The van der Waals surface area contributed by atoms with Crippen LogP contribution in [0.3, 0.4) is 0 Å². The van der Waals surface area contributed by atoms with Crippen molar-refractivity contribution in [2.75, 3.05) is 6.61 Å². The lowest BCUT2D eigenvalue weighted by Gasteiger charge is -2.11. The summed E-state index contributed by atoms with van der Waals surface area (Å²) in [6.45, 7) is 4.97. The Morgan fingerprint density at radius 2 is 1.87 bits per heavy atom. The third-order valence-corrected chi connectivity index (χ3v) is 4.48. The summed E-state index contributed by atoms with van der Waals surface area (Å²) in [4.78, 5) is 12.2. The van der Waals surface area contributed by atoms with E-state index in [9.17, 15) is 4.79 Å². The zero-order valence-electron chi connectivity index (χ0n) is 13.0. The van der Waals surface area contributed by atoms with Crippen LogP contribution >= 0.6 is 38.5 Å². The average molecular weight is 489 g/mol. The lowest BCUT2D eigenvalue weighted by atomic mass is 10.1. The molecule has 0 heterocycles. The number of carbonyl (C=O) groups is 1. The van der Waals surface area contributed by atoms with Gasteiger partial charge in [0.1, 0.15) is 11.5 Å². The number of carbonyl (C=O) groups excluding carboxylic acids is 1. The zero-order valence-corrected chi connectivity index (χ0v) is 16.8. The Bertz CT molecular complexity index is 668. The Morgan fingerprint density at radius 3 is 2.48 bits per heavy atom. The van der Waals surface area contributed by atoms with E-state index < -0.39 is 0 Å². The number of rotatable bonds is 6. The van der Waals surface area contributed by atoms with Gasteiger partial charge < -0.3 is 9.47 Å². The second-order valence-electron chi connectivity index (χ2n) is 5.52. The second kappa shape index (κ2) is 8.68. The van der Waals surface area contributed by atoms with Gasteiger partial charge in [0, 0.05) is 3.57 Å². The maximum absolute atomic E-state index is 12.2. The number of hydrogen-bond donors (Lipinski definition) is 0. The zero-order chi connectivity index (χ0) is 16.8. The molecule has 0 bridgehead atoms. The van der Waals surface area contributed by atoms with Gasteiger partial charge in [-0.15, -0.1) is 0 Å². The highest BCUT2D eigenvalue weighted by atomic mass is 127. The first kappa shape index (κ1) is 18.3. The van der Waals surface area contributed by atoms with Crippen molar-refractivity contribution >= 4 is 44.5 Å². The third kappa shape index (κ3) is 5.80. The molecule has 0 spiro atoms. The fraction of sp³-hybridized carbons (Fsp3) is 0.278. The van der Waals surface area contributed by atoms with Crippen LogP contribution in [0.2, 0.25) is 0 Å². The molecule has 0 fully saturated rings. The van der Waals surface area contributed by atoms with Crippen molar-refractivity contribution in [2.45, 2.75) is 20.3 Å². The van der Waals surface area contributed by atoms with Gasteiger partial charge in [0.15, 0.2) is 0 Å². The highest BCUT2D eigenvalue weighted by molar-refractivity contribution is 14.1. The van der Waals surface area contributed by atoms with Gasteiger partial charge in [0.05, 0.1) is 16.6 Å². The SMILES string of the molecule is CC(C)CCOc1ccc(C(=O)Oc2ccc(I)cc2)cc1Br. The molecule has 0 aromatic heterocycles. The van der Waals surface area contributed by atoms with E-state index in [0.29, 0.717) is 23.8 Å². The Morgan fingerprint density at radius 1 is 1.17 bits per heavy atom. The first-order chi connectivity index (χ1) is 11.0. The van der Waals surface area contributed by atoms with Crippen molar-refractivity contribution in [2.24, 2.45) is 5.92 Å². The normalized spacial score (nSPS) is 10.7. The van der Waals surface area contributed by atoms with Crippen LogP contribution in [0.5, 0.6) is 11.5 Å². The predicted octanol–water partition coefficient (Wildman–Crippen LogP) is 5.70. The van der Waals surface area contributed by atoms with Gasteiger partial charge in [0.2, 0.25) is 0 Å². The minimum absolute atomic E-state index is 0.388. The summed E-state index contributed by atoms with van der Waals surface area (Å²) in [5, 5.41) is 0. The summed E-state index contributed by atoms with van der Waals surface area (Å²) < 4.78 is 12.9. The molecular weight excluding hydrogens is 471 g/mol. The molecule has 0 radical (unpaired) electrons. The topological polar surface area (TPSA) is 35.5 Å². The van der Waals surface area contributed by atoms with Crippen molar-refractivity contribution in [3.8, 4) is 11.5 Å². The van der Waals surface area contributed by atoms with Crippen molar-refractivity contribution in [3.05, 3.63) is 56.1 Å². The Kier molecular flexibility index (Phi) is 6.89. The van der Waals surface area contributed by atoms with Crippen molar-refractivity contribution < 1.29 is 14.3 Å². The molecule has 122 valence electrons. The van der Waals surface area contributed by atoms with Crippen LogP contribution in [0.4, 0.5) is 0 Å². The second-order valence-corrected chi connectivity index (χ2v) is 7.62. The van der Waals surface area contributed by atoms with Crippen LogP contribution in [-0.2, 0) is 0 Å². The van der Waals surface area contributed by atoms with E-state index in [4.69, 9.17) is 9.47 Å². The standard InChI is InChI=1S/C18H18BrIO3/c1-12(2)9-10-22-17-8-3-13(11-16(17)19)18(21)23-15-6-4-14(20)5-7-15/h3-8,11-12H,9-10H2,1-2H3. The monoisotopic (exact) mass is 488 g/mol. The molecule has 2 aromatic carbocycles. The molecule has 0 saturated heterocycles. The van der Waals surface area contributed by atoms with Gasteiger partial charge >= 0.3 is 5.97 Å². The molecule has 0 aliphatic heterocycles. The van der Waals surface area contributed by atoms with Crippen LogP contribution in [0.15, 0.2) is 46.9 Å². The molecular formula is C18H18BrIO3. The molecule has 3 nitrogen and oxygen atoms in total. The van der Waals surface area contributed by atoms with Gasteiger partial charge in [-0.1, -0.05) is 13.8 Å². The molecule has 23 heavy (non-hydrogen) atoms. The van der Waals surface area contributed by atoms with E-state index in [-0.39, 0.29) is 5.97 Å². The fourth-order valence-electron chi connectivity index (χ4n) is 1.82. The summed E-state index contributed by atoms with van der Waals surface area (Å²) in [6, 6.07) is 12.6. The summed E-state index contributed by atoms with van der Waals surface area (Å²) in [7, 11) is 0. The molecule has 0 N–H and O–H groups in total. The van der Waals surface area contributed by atoms with Crippen LogP contribution in [-0.4, -0.2) is 12.6 Å². The van der Waals surface area contributed by atoms with E-state index in [1.165, 1.54) is 0 Å². The van der Waals surface area contributed by atoms with Gasteiger partial charge in [-0.25, -0.2) is 4.79 Å². The Balaban J connectivity index is 2.01. The van der Waals surface area contributed by atoms with Gasteiger partial charge in [-0.05, 0) is 93.3 Å². The van der Waals surface area contributed by atoms with Gasteiger partial charge in [-0.2, -0.15) is 0 Å². The highest BCUT2D eigenvalue weighted by Crippen LogP contribution is 2.27. The average Bonchev–Trinajstić information content (AvgIpc) is 2.50. The van der Waals surface area contributed by atoms with Gasteiger partial charge in [0.25, 0.3) is 0 Å². The molecule has 0 aliphatic carbocycles. The molecule has 0 amide bonds. The number of hydrogen-bond acceptors (Lipinski definition) is 3. The molecule has 5 heteroatoms. The third-order valence-electron chi connectivity index (χ3n) is 3.14. The molecule has 0 unspecified atom stereocenters. The summed E-state index contributed by atoms with van der Waals surface area (Å²) >= 11 is 5.65. The number of ether oxygens (including phenoxy) is 2. The maximum Gasteiger partial charge on any atom is 0.343 e. The van der Waals surface area contributed by atoms with E-state index in [0.717, 1.165) is 20.2 Å². The first-order valence-electron chi connectivity index (χ1n) is 7.36. The molecule has 0 atom stereocenters. The first-order valence-corrected chi connectivity index (χ1v) is 9.23. The fourth-order valence-corrected chi connectivity index (χ4v) is 2.67. The number of esters is 1. The minimum Gasteiger partial charge on any atom is -0.492 e. The number of benzene rings is 2. The van der Waals surface area contributed by atoms with Crippen LogP contribution in [0, 0.1) is 9.49 Å². The summed E-state index contributed by atoms with van der Waals surface area (Å²) in [6.07, 6.45) is 0.989. The maximum atomic E-state index is 12.2. The minimum atomic E-state index is -0.388. The van der Waals surface area contributed by atoms with Gasteiger partial charge in [-0.3, -0.25) is 0 Å². The largest absolute Gasteiger partial charge is 0.492 e. The lowest BCUT2D eigenvalue weighted by Crippen LogP contribution is -2.09. The highest BCUT2D eigenvalue weighted by Gasteiger charge is 2.12. The van der Waals surface area contributed by atoms with E-state index in [1.807, 2.05) is 12.1 Å². The Labute approximate surface area is 158 Å². The van der Waals surface area contributed by atoms with E-state index in [2.05, 4.69) is 52.4 Å². The van der Waals surface area contributed by atoms with Crippen molar-refractivity contribution in [1.29, 1.82) is 0 Å². The van der Waals surface area contributed by atoms with Crippen LogP contribution < -0.4 is 9.47 Å². The van der Waals surface area contributed by atoms with Crippen LogP contribution in [0.1, 0.15) is 30.6 Å². The number of halogens is 2. The molecule has 0 aliphatic rings. The van der Waals surface area contributed by atoms with Crippen molar-refractivity contribution in [1.82, 2.24) is 0 Å². The lowest BCUT2D eigenvalue weighted by molar-refractivity contribution is 0.0734. The quantitative estimate of drug-likeness (QED) is 0.297.